The number of amides is 2. The number of anilines is 1. The summed E-state index contributed by atoms with van der Waals surface area (Å²) in [7, 11) is 0. The van der Waals surface area contributed by atoms with Crippen molar-refractivity contribution in [2.24, 2.45) is 0 Å². The quantitative estimate of drug-likeness (QED) is 0.429. The number of furan rings is 1. The highest BCUT2D eigenvalue weighted by Gasteiger charge is 2.14. The van der Waals surface area contributed by atoms with Crippen LogP contribution in [0.15, 0.2) is 77.4 Å². The first-order chi connectivity index (χ1) is 15.0. The van der Waals surface area contributed by atoms with Crippen LogP contribution in [-0.2, 0) is 20.9 Å². The minimum atomic E-state index is -0.639. The molecule has 1 heterocycles. The first-order valence-electron chi connectivity index (χ1n) is 9.62. The number of rotatable bonds is 8. The lowest BCUT2D eigenvalue weighted by atomic mass is 10.1. The van der Waals surface area contributed by atoms with Crippen molar-refractivity contribution in [1.29, 1.82) is 0 Å². The summed E-state index contributed by atoms with van der Waals surface area (Å²) in [5, 5.41) is 5.32. The standard InChI is InChI=1S/C24H22N2O5/c1-17-8-10-18(11-9-17)12-13-23(28)31-16-22(27)26-21-7-3-2-6-20(21)24(29)25-15-19-5-4-14-30-19/h2-14H,15-16H2,1H3,(H,25,29)(H,26,27)/b13-12+. The van der Waals surface area contributed by atoms with Crippen molar-refractivity contribution in [3.63, 3.8) is 0 Å². The number of aryl methyl sites for hydroxylation is 1. The summed E-state index contributed by atoms with van der Waals surface area (Å²) in [5.74, 6) is -0.950. The van der Waals surface area contributed by atoms with E-state index < -0.39 is 18.5 Å². The minimum Gasteiger partial charge on any atom is -0.467 e. The molecule has 0 spiro atoms. The predicted octanol–water partition coefficient (Wildman–Crippen LogP) is 3.71. The van der Waals surface area contributed by atoms with Crippen molar-refractivity contribution in [2.75, 3.05) is 11.9 Å². The number of carbonyl (C=O) groups is 3. The van der Waals surface area contributed by atoms with Crippen LogP contribution in [0.4, 0.5) is 5.69 Å². The molecule has 0 aliphatic heterocycles. The van der Waals surface area contributed by atoms with Gasteiger partial charge in [0.1, 0.15) is 5.76 Å². The van der Waals surface area contributed by atoms with Gasteiger partial charge < -0.3 is 19.8 Å². The van der Waals surface area contributed by atoms with Gasteiger partial charge >= 0.3 is 5.97 Å². The highest BCUT2D eigenvalue weighted by Crippen LogP contribution is 2.15. The van der Waals surface area contributed by atoms with Crippen LogP contribution in [0.1, 0.15) is 27.2 Å². The lowest BCUT2D eigenvalue weighted by molar-refractivity contribution is -0.142. The average Bonchev–Trinajstić information content (AvgIpc) is 3.30. The van der Waals surface area contributed by atoms with Crippen LogP contribution in [0.5, 0.6) is 0 Å². The maximum Gasteiger partial charge on any atom is 0.331 e. The summed E-state index contributed by atoms with van der Waals surface area (Å²) in [6.45, 7) is 1.72. The Balaban J connectivity index is 1.51. The third-order valence-corrected chi connectivity index (χ3v) is 4.28. The molecule has 31 heavy (non-hydrogen) atoms. The van der Waals surface area contributed by atoms with Crippen LogP contribution < -0.4 is 10.6 Å². The number of benzene rings is 2. The number of ether oxygens (including phenoxy) is 1. The van der Waals surface area contributed by atoms with Gasteiger partial charge in [-0.05, 0) is 42.8 Å². The van der Waals surface area contributed by atoms with Crippen LogP contribution in [-0.4, -0.2) is 24.4 Å². The van der Waals surface area contributed by atoms with Gasteiger partial charge in [-0.25, -0.2) is 4.79 Å². The summed E-state index contributed by atoms with van der Waals surface area (Å²) in [5.41, 5.74) is 2.57. The molecule has 3 aromatic rings. The van der Waals surface area contributed by atoms with Crippen LogP contribution in [0.2, 0.25) is 0 Å². The Bertz CT molecular complexity index is 1070. The van der Waals surface area contributed by atoms with E-state index in [9.17, 15) is 14.4 Å². The van der Waals surface area contributed by atoms with Crippen molar-refractivity contribution in [3.05, 3.63) is 95.5 Å². The summed E-state index contributed by atoms with van der Waals surface area (Å²) in [6.07, 6.45) is 4.39. The Morgan fingerprint density at radius 2 is 1.77 bits per heavy atom. The van der Waals surface area contributed by atoms with Gasteiger partial charge in [-0.3, -0.25) is 9.59 Å². The van der Waals surface area contributed by atoms with Crippen molar-refractivity contribution in [3.8, 4) is 0 Å². The summed E-state index contributed by atoms with van der Waals surface area (Å²) >= 11 is 0. The van der Waals surface area contributed by atoms with E-state index in [1.165, 1.54) is 12.3 Å². The van der Waals surface area contributed by atoms with E-state index >= 15 is 0 Å². The fourth-order valence-corrected chi connectivity index (χ4v) is 2.68. The fourth-order valence-electron chi connectivity index (χ4n) is 2.68. The molecule has 3 rings (SSSR count). The molecule has 2 amide bonds. The molecular weight excluding hydrogens is 396 g/mol. The summed E-state index contributed by atoms with van der Waals surface area (Å²) < 4.78 is 10.2. The molecule has 2 aromatic carbocycles. The van der Waals surface area contributed by atoms with Crippen LogP contribution in [0.3, 0.4) is 0 Å². The zero-order chi connectivity index (χ0) is 22.1. The fraction of sp³-hybridized carbons (Fsp3) is 0.125. The van der Waals surface area contributed by atoms with Crippen molar-refractivity contribution >= 4 is 29.5 Å². The molecule has 0 fully saturated rings. The van der Waals surface area contributed by atoms with Gasteiger partial charge in [0.05, 0.1) is 24.1 Å². The number of nitrogens with one attached hydrogen (secondary N) is 2. The number of esters is 1. The molecule has 0 unspecified atom stereocenters. The van der Waals surface area contributed by atoms with Gasteiger partial charge in [-0.1, -0.05) is 42.0 Å². The second kappa shape index (κ2) is 10.6. The maximum absolute atomic E-state index is 12.5. The van der Waals surface area contributed by atoms with E-state index in [1.807, 2.05) is 31.2 Å². The second-order valence-corrected chi connectivity index (χ2v) is 6.71. The van der Waals surface area contributed by atoms with Gasteiger partial charge in [0, 0.05) is 6.08 Å². The SMILES string of the molecule is Cc1ccc(/C=C/C(=O)OCC(=O)Nc2ccccc2C(=O)NCc2ccco2)cc1. The first kappa shape index (κ1) is 21.6. The minimum absolute atomic E-state index is 0.221. The molecule has 158 valence electrons. The molecule has 1 aromatic heterocycles. The zero-order valence-corrected chi connectivity index (χ0v) is 17.0. The molecule has 0 aliphatic rings. The molecule has 0 atom stereocenters. The third-order valence-electron chi connectivity index (χ3n) is 4.28. The Hall–Kier alpha value is -4.13. The van der Waals surface area contributed by atoms with Crippen LogP contribution >= 0.6 is 0 Å². The molecule has 7 nitrogen and oxygen atoms in total. The van der Waals surface area contributed by atoms with Gasteiger partial charge in [0.2, 0.25) is 0 Å². The predicted molar refractivity (Wildman–Crippen MR) is 116 cm³/mol. The van der Waals surface area contributed by atoms with E-state index in [0.717, 1.165) is 11.1 Å². The number of hydrogen-bond acceptors (Lipinski definition) is 5. The van der Waals surface area contributed by atoms with Crippen LogP contribution in [0.25, 0.3) is 6.08 Å². The largest absolute Gasteiger partial charge is 0.467 e. The van der Waals surface area contributed by atoms with Gasteiger partial charge in [0.15, 0.2) is 6.61 Å². The van der Waals surface area contributed by atoms with Gasteiger partial charge in [-0.2, -0.15) is 0 Å². The normalized spacial score (nSPS) is 10.6. The highest BCUT2D eigenvalue weighted by molar-refractivity contribution is 6.04. The van der Waals surface area contributed by atoms with E-state index in [2.05, 4.69) is 10.6 Å². The average molecular weight is 418 g/mol. The molecule has 0 radical (unpaired) electrons. The van der Waals surface area contributed by atoms with E-state index in [1.54, 1.807) is 42.5 Å². The Morgan fingerprint density at radius 3 is 2.52 bits per heavy atom. The second-order valence-electron chi connectivity index (χ2n) is 6.71. The van der Waals surface area contributed by atoms with E-state index in [-0.39, 0.29) is 18.0 Å². The van der Waals surface area contributed by atoms with Crippen molar-refractivity contribution in [1.82, 2.24) is 5.32 Å². The number of para-hydroxylation sites is 1. The van der Waals surface area contributed by atoms with E-state index in [0.29, 0.717) is 11.4 Å². The molecule has 0 aliphatic carbocycles. The van der Waals surface area contributed by atoms with Crippen molar-refractivity contribution < 1.29 is 23.5 Å². The molecular formula is C24H22N2O5. The summed E-state index contributed by atoms with van der Waals surface area (Å²) in [6, 6.07) is 17.6. The lowest BCUT2D eigenvalue weighted by Crippen LogP contribution is -2.26. The zero-order valence-electron chi connectivity index (χ0n) is 17.0. The Kier molecular flexibility index (Phi) is 7.37. The molecule has 0 bridgehead atoms. The van der Waals surface area contributed by atoms with Crippen molar-refractivity contribution in [2.45, 2.75) is 13.5 Å². The number of hydrogen-bond donors (Lipinski definition) is 2. The Morgan fingerprint density at radius 1 is 1.00 bits per heavy atom. The molecule has 0 saturated carbocycles. The molecule has 0 saturated heterocycles. The lowest BCUT2D eigenvalue weighted by Gasteiger charge is -2.11. The highest BCUT2D eigenvalue weighted by atomic mass is 16.5. The summed E-state index contributed by atoms with van der Waals surface area (Å²) in [4.78, 5) is 36.5. The first-order valence-corrected chi connectivity index (χ1v) is 9.62. The maximum atomic E-state index is 12.5. The van der Waals surface area contributed by atoms with Gasteiger partial charge in [0.25, 0.3) is 11.8 Å². The topological polar surface area (TPSA) is 97.6 Å². The third kappa shape index (κ3) is 6.71. The monoisotopic (exact) mass is 418 g/mol. The van der Waals surface area contributed by atoms with E-state index in [4.69, 9.17) is 9.15 Å². The smallest absolute Gasteiger partial charge is 0.331 e. The number of carbonyl (C=O) groups excluding carboxylic acids is 3. The van der Waals surface area contributed by atoms with Gasteiger partial charge in [-0.15, -0.1) is 0 Å². The molecule has 2 N–H and O–H groups in total. The molecule has 7 heteroatoms. The van der Waals surface area contributed by atoms with Crippen LogP contribution in [0, 0.1) is 6.92 Å². The Labute approximate surface area is 179 Å².